The van der Waals surface area contributed by atoms with E-state index >= 15 is 0 Å². The Morgan fingerprint density at radius 2 is 2.15 bits per heavy atom. The van der Waals surface area contributed by atoms with E-state index in [0.717, 1.165) is 6.07 Å². The summed E-state index contributed by atoms with van der Waals surface area (Å²) in [5, 5.41) is 28.3. The van der Waals surface area contributed by atoms with Crippen LogP contribution in [0.1, 0.15) is 18.8 Å². The summed E-state index contributed by atoms with van der Waals surface area (Å²) in [6.07, 6.45) is -2.25. The van der Waals surface area contributed by atoms with Gasteiger partial charge in [0.25, 0.3) is 0 Å². The van der Waals surface area contributed by atoms with Crippen molar-refractivity contribution in [2.75, 3.05) is 0 Å². The van der Waals surface area contributed by atoms with Gasteiger partial charge in [-0.1, -0.05) is 0 Å². The van der Waals surface area contributed by atoms with Crippen LogP contribution in [0.4, 0.5) is 5.88 Å². The van der Waals surface area contributed by atoms with E-state index in [9.17, 15) is 15.2 Å². The monoisotopic (exact) mass is 187 g/mol. The van der Waals surface area contributed by atoms with Gasteiger partial charge in [-0.3, -0.25) is 10.1 Å². The molecule has 0 bridgehead atoms. The summed E-state index contributed by atoms with van der Waals surface area (Å²) in [4.78, 5) is 9.46. The summed E-state index contributed by atoms with van der Waals surface area (Å²) in [6, 6.07) is 2.39. The Morgan fingerprint density at radius 3 is 2.54 bits per heavy atom. The third kappa shape index (κ3) is 2.04. The Kier molecular flexibility index (Phi) is 2.64. The van der Waals surface area contributed by atoms with Crippen LogP contribution in [0.25, 0.3) is 0 Å². The average molecular weight is 187 g/mol. The number of nitro groups is 1. The lowest BCUT2D eigenvalue weighted by molar-refractivity contribution is -0.402. The molecule has 0 spiro atoms. The molecule has 6 heteroatoms. The van der Waals surface area contributed by atoms with Crippen LogP contribution in [-0.2, 0) is 0 Å². The summed E-state index contributed by atoms with van der Waals surface area (Å²) >= 11 is 0. The molecule has 0 saturated heterocycles. The van der Waals surface area contributed by atoms with Crippen LogP contribution < -0.4 is 0 Å². The van der Waals surface area contributed by atoms with E-state index in [-0.39, 0.29) is 5.76 Å². The van der Waals surface area contributed by atoms with Crippen molar-refractivity contribution in [2.45, 2.75) is 19.1 Å². The maximum Gasteiger partial charge on any atom is 0.433 e. The first-order valence-electron chi connectivity index (χ1n) is 3.62. The van der Waals surface area contributed by atoms with Gasteiger partial charge >= 0.3 is 5.88 Å². The highest BCUT2D eigenvalue weighted by Crippen LogP contribution is 2.23. The highest BCUT2D eigenvalue weighted by Gasteiger charge is 2.20. The molecule has 0 radical (unpaired) electrons. The first-order valence-corrected chi connectivity index (χ1v) is 3.62. The standard InChI is InChI=1S/C7H9NO5/c1-4(9)7(10)5-2-3-6(13-5)8(11)12/h2-4,7,9-10H,1H3/t4-,7-/m0/s1. The van der Waals surface area contributed by atoms with Gasteiger partial charge < -0.3 is 14.6 Å². The van der Waals surface area contributed by atoms with Gasteiger partial charge in [0.05, 0.1) is 12.2 Å². The molecule has 1 heterocycles. The fourth-order valence-corrected chi connectivity index (χ4v) is 0.837. The number of nitrogens with zero attached hydrogens (tertiary/aromatic N) is 1. The van der Waals surface area contributed by atoms with Gasteiger partial charge in [-0.05, 0) is 13.0 Å². The normalized spacial score (nSPS) is 15.3. The van der Waals surface area contributed by atoms with E-state index in [1.165, 1.54) is 13.0 Å². The van der Waals surface area contributed by atoms with Gasteiger partial charge in [-0.15, -0.1) is 0 Å². The van der Waals surface area contributed by atoms with Crippen molar-refractivity contribution < 1.29 is 19.6 Å². The van der Waals surface area contributed by atoms with Gasteiger partial charge in [-0.25, -0.2) is 0 Å². The zero-order valence-corrected chi connectivity index (χ0v) is 6.88. The molecule has 1 aromatic heterocycles. The molecule has 72 valence electrons. The minimum Gasteiger partial charge on any atom is -0.403 e. The summed E-state index contributed by atoms with van der Waals surface area (Å²) in [5.41, 5.74) is 0. The summed E-state index contributed by atoms with van der Waals surface area (Å²) < 4.78 is 4.66. The Hall–Kier alpha value is -1.40. The second-order valence-electron chi connectivity index (χ2n) is 2.62. The van der Waals surface area contributed by atoms with Crippen molar-refractivity contribution in [3.8, 4) is 0 Å². The largest absolute Gasteiger partial charge is 0.433 e. The zero-order chi connectivity index (χ0) is 10.0. The van der Waals surface area contributed by atoms with Crippen LogP contribution in [-0.4, -0.2) is 21.2 Å². The average Bonchev–Trinajstić information content (AvgIpc) is 2.50. The molecule has 0 aliphatic carbocycles. The number of furan rings is 1. The number of hydrogen-bond acceptors (Lipinski definition) is 5. The van der Waals surface area contributed by atoms with Gasteiger partial charge in [0.1, 0.15) is 16.8 Å². The molecule has 0 fully saturated rings. The molecule has 0 amide bonds. The first-order chi connectivity index (χ1) is 6.02. The van der Waals surface area contributed by atoms with Crippen LogP contribution in [0.3, 0.4) is 0 Å². The lowest BCUT2D eigenvalue weighted by atomic mass is 10.2. The number of aliphatic hydroxyl groups excluding tert-OH is 2. The van der Waals surface area contributed by atoms with E-state index in [4.69, 9.17) is 5.11 Å². The predicted molar refractivity (Wildman–Crippen MR) is 42.0 cm³/mol. The molecule has 1 rings (SSSR count). The lowest BCUT2D eigenvalue weighted by Crippen LogP contribution is -2.12. The maximum absolute atomic E-state index is 10.2. The molecule has 2 N–H and O–H groups in total. The van der Waals surface area contributed by atoms with E-state index in [2.05, 4.69) is 4.42 Å². The summed E-state index contributed by atoms with van der Waals surface area (Å²) in [5.74, 6) is -0.462. The molecular formula is C7H9NO5. The fourth-order valence-electron chi connectivity index (χ4n) is 0.837. The first kappa shape index (κ1) is 9.69. The molecule has 0 aliphatic heterocycles. The topological polar surface area (TPSA) is 96.7 Å². The van der Waals surface area contributed by atoms with Crippen LogP contribution in [0.2, 0.25) is 0 Å². The third-order valence-electron chi connectivity index (χ3n) is 1.54. The van der Waals surface area contributed by atoms with Crippen molar-refractivity contribution in [3.05, 3.63) is 28.0 Å². The van der Waals surface area contributed by atoms with Crippen molar-refractivity contribution in [2.24, 2.45) is 0 Å². The summed E-state index contributed by atoms with van der Waals surface area (Å²) in [7, 11) is 0. The minimum absolute atomic E-state index is 0.0123. The molecule has 2 atom stereocenters. The SMILES string of the molecule is C[C@H](O)[C@H](O)c1ccc([N+](=O)[O-])o1. The lowest BCUT2D eigenvalue weighted by Gasteiger charge is -2.08. The van der Waals surface area contributed by atoms with Gasteiger partial charge in [0, 0.05) is 0 Å². The van der Waals surface area contributed by atoms with Gasteiger partial charge in [0.2, 0.25) is 0 Å². The van der Waals surface area contributed by atoms with Crippen molar-refractivity contribution >= 4 is 5.88 Å². The minimum atomic E-state index is -1.23. The molecule has 6 nitrogen and oxygen atoms in total. The molecule has 0 aromatic carbocycles. The van der Waals surface area contributed by atoms with Crippen molar-refractivity contribution in [1.29, 1.82) is 0 Å². The molecular weight excluding hydrogens is 178 g/mol. The number of aliphatic hydroxyl groups is 2. The summed E-state index contributed by atoms with van der Waals surface area (Å²) in [6.45, 7) is 1.36. The van der Waals surface area contributed by atoms with Gasteiger partial charge in [0.15, 0.2) is 0 Å². The van der Waals surface area contributed by atoms with Crippen molar-refractivity contribution in [1.82, 2.24) is 0 Å². The van der Waals surface area contributed by atoms with Crippen LogP contribution in [0.15, 0.2) is 16.5 Å². The molecule has 0 saturated carbocycles. The van der Waals surface area contributed by atoms with Crippen LogP contribution in [0, 0.1) is 10.1 Å². The molecule has 0 unspecified atom stereocenters. The highest BCUT2D eigenvalue weighted by atomic mass is 16.6. The fraction of sp³-hybridized carbons (Fsp3) is 0.429. The Balaban J connectivity index is 2.85. The van der Waals surface area contributed by atoms with Crippen LogP contribution >= 0.6 is 0 Å². The van der Waals surface area contributed by atoms with E-state index in [1.807, 2.05) is 0 Å². The highest BCUT2D eigenvalue weighted by molar-refractivity contribution is 5.19. The second kappa shape index (κ2) is 3.55. The third-order valence-corrected chi connectivity index (χ3v) is 1.54. The quantitative estimate of drug-likeness (QED) is 0.533. The zero-order valence-electron chi connectivity index (χ0n) is 6.88. The molecule has 13 heavy (non-hydrogen) atoms. The Labute approximate surface area is 73.6 Å². The van der Waals surface area contributed by atoms with E-state index in [0.29, 0.717) is 0 Å². The molecule has 1 aromatic rings. The van der Waals surface area contributed by atoms with Gasteiger partial charge in [-0.2, -0.15) is 0 Å². The maximum atomic E-state index is 10.2. The predicted octanol–water partition coefficient (Wildman–Crippen LogP) is 0.602. The second-order valence-corrected chi connectivity index (χ2v) is 2.62. The van der Waals surface area contributed by atoms with Crippen molar-refractivity contribution in [3.63, 3.8) is 0 Å². The smallest absolute Gasteiger partial charge is 0.403 e. The van der Waals surface area contributed by atoms with Crippen LogP contribution in [0.5, 0.6) is 0 Å². The Morgan fingerprint density at radius 1 is 1.54 bits per heavy atom. The number of rotatable bonds is 3. The van der Waals surface area contributed by atoms with E-state index in [1.54, 1.807) is 0 Å². The van der Waals surface area contributed by atoms with E-state index < -0.39 is 23.0 Å². The number of hydrogen-bond donors (Lipinski definition) is 2. The Bertz CT molecular complexity index is 306. The molecule has 0 aliphatic rings.